The van der Waals surface area contributed by atoms with Gasteiger partial charge >= 0.3 is 0 Å². The number of aliphatic hydroxyl groups excluding tert-OH is 1. The van der Waals surface area contributed by atoms with Crippen LogP contribution in [0.3, 0.4) is 0 Å². The van der Waals surface area contributed by atoms with Crippen molar-refractivity contribution in [3.63, 3.8) is 0 Å². The zero-order valence-electron chi connectivity index (χ0n) is 19.8. The number of aryl methyl sites for hydroxylation is 1. The van der Waals surface area contributed by atoms with E-state index in [4.69, 9.17) is 10.5 Å². The molecule has 0 unspecified atom stereocenters. The third-order valence-corrected chi connectivity index (χ3v) is 4.42. The molecular weight excluding hydrogens is 414 g/mol. The van der Waals surface area contributed by atoms with E-state index in [-0.39, 0.29) is 12.2 Å². The van der Waals surface area contributed by atoms with Crippen molar-refractivity contribution < 1.29 is 9.84 Å². The molecule has 33 heavy (non-hydrogen) atoms. The molecule has 7 heteroatoms. The maximum Gasteiger partial charge on any atom is 0.229 e. The van der Waals surface area contributed by atoms with Crippen LogP contribution in [0.15, 0.2) is 83.8 Å². The van der Waals surface area contributed by atoms with Gasteiger partial charge in [0.1, 0.15) is 11.4 Å². The molecule has 0 fully saturated rings. The van der Waals surface area contributed by atoms with Crippen LogP contribution in [0.5, 0.6) is 0 Å². The van der Waals surface area contributed by atoms with Crippen LogP contribution in [0.4, 0.5) is 5.69 Å². The van der Waals surface area contributed by atoms with E-state index >= 15 is 0 Å². The van der Waals surface area contributed by atoms with Crippen molar-refractivity contribution in [2.45, 2.75) is 45.8 Å². The summed E-state index contributed by atoms with van der Waals surface area (Å²) >= 11 is 0. The van der Waals surface area contributed by atoms with E-state index in [1.807, 2.05) is 63.2 Å². The SMILES string of the molecule is C=CN=C(N=C(N)c1cccc(CCCNC(=C)OC(C)(C)C)c1)Nc1cccc(CO)c1. The summed E-state index contributed by atoms with van der Waals surface area (Å²) in [5.74, 6) is 1.23. The highest BCUT2D eigenvalue weighted by Crippen LogP contribution is 2.13. The second kappa shape index (κ2) is 12.5. The Bertz CT molecular complexity index is 1010. The first kappa shape index (κ1) is 25.7. The third-order valence-electron chi connectivity index (χ3n) is 4.42. The molecule has 0 atom stereocenters. The Morgan fingerprint density at radius 1 is 1.15 bits per heavy atom. The van der Waals surface area contributed by atoms with Gasteiger partial charge in [0.05, 0.1) is 6.61 Å². The van der Waals surface area contributed by atoms with Crippen molar-refractivity contribution in [2.24, 2.45) is 15.7 Å². The summed E-state index contributed by atoms with van der Waals surface area (Å²) in [5, 5.41) is 15.6. The number of nitrogens with one attached hydrogen (secondary N) is 2. The largest absolute Gasteiger partial charge is 0.474 e. The molecule has 0 aliphatic carbocycles. The summed E-state index contributed by atoms with van der Waals surface area (Å²) in [5.41, 5.74) is 9.50. The molecule has 0 bridgehead atoms. The quantitative estimate of drug-likeness (QED) is 0.187. The van der Waals surface area contributed by atoms with Gasteiger partial charge in [-0.2, -0.15) is 4.99 Å². The number of guanidine groups is 1. The fraction of sp³-hybridized carbons (Fsp3) is 0.308. The Morgan fingerprint density at radius 3 is 2.58 bits per heavy atom. The minimum absolute atomic E-state index is 0.0467. The van der Waals surface area contributed by atoms with Crippen LogP contribution < -0.4 is 16.4 Å². The summed E-state index contributed by atoms with van der Waals surface area (Å²) in [7, 11) is 0. The lowest BCUT2D eigenvalue weighted by Crippen LogP contribution is -2.26. The first-order chi connectivity index (χ1) is 15.7. The average Bonchev–Trinajstić information content (AvgIpc) is 2.76. The predicted molar refractivity (Wildman–Crippen MR) is 137 cm³/mol. The monoisotopic (exact) mass is 449 g/mol. The van der Waals surface area contributed by atoms with Gasteiger partial charge in [-0.3, -0.25) is 0 Å². The van der Waals surface area contributed by atoms with Crippen molar-refractivity contribution in [1.29, 1.82) is 0 Å². The van der Waals surface area contributed by atoms with Crippen molar-refractivity contribution in [1.82, 2.24) is 5.32 Å². The summed E-state index contributed by atoms with van der Waals surface area (Å²) in [4.78, 5) is 8.62. The van der Waals surface area contributed by atoms with E-state index in [1.54, 1.807) is 0 Å². The van der Waals surface area contributed by atoms with Gasteiger partial charge in [0.2, 0.25) is 5.96 Å². The zero-order valence-corrected chi connectivity index (χ0v) is 19.8. The van der Waals surface area contributed by atoms with Gasteiger partial charge in [-0.25, -0.2) is 4.99 Å². The smallest absolute Gasteiger partial charge is 0.229 e. The molecule has 0 saturated carbocycles. The second-order valence-corrected chi connectivity index (χ2v) is 8.48. The molecule has 5 N–H and O–H groups in total. The Kier molecular flexibility index (Phi) is 9.69. The molecule has 176 valence electrons. The number of ether oxygens (including phenoxy) is 1. The van der Waals surface area contributed by atoms with Crippen LogP contribution in [0.1, 0.15) is 43.9 Å². The predicted octanol–water partition coefficient (Wildman–Crippen LogP) is 4.30. The molecule has 0 aliphatic rings. The number of hydrogen-bond donors (Lipinski definition) is 4. The van der Waals surface area contributed by atoms with E-state index in [1.165, 1.54) is 6.20 Å². The topological polar surface area (TPSA) is 104 Å². The standard InChI is InChI=1S/C26H35N5O2/c1-6-28-25(30-23-14-8-11-21(17-23)18-32)31-24(27)22-13-7-10-20(16-22)12-9-15-29-19(2)33-26(3,4)5/h6-8,10-11,13-14,16-17,29,32H,1-2,9,12,15,18H2,3-5H3,(H3,27,28,30,31). The molecule has 2 rings (SSSR count). The molecule has 0 heterocycles. The van der Waals surface area contributed by atoms with Crippen molar-refractivity contribution in [2.75, 3.05) is 11.9 Å². The minimum Gasteiger partial charge on any atom is -0.474 e. The lowest BCUT2D eigenvalue weighted by Gasteiger charge is -2.23. The fourth-order valence-electron chi connectivity index (χ4n) is 3.04. The Labute approximate surface area is 196 Å². The number of aliphatic imine (C=N–C) groups is 2. The van der Waals surface area contributed by atoms with Crippen molar-refractivity contribution in [3.05, 3.63) is 90.5 Å². The van der Waals surface area contributed by atoms with E-state index in [2.05, 4.69) is 39.8 Å². The van der Waals surface area contributed by atoms with Gasteiger partial charge < -0.3 is 26.2 Å². The van der Waals surface area contributed by atoms with Gasteiger partial charge in [-0.15, -0.1) is 0 Å². The number of benzene rings is 2. The molecule has 7 nitrogen and oxygen atoms in total. The van der Waals surface area contributed by atoms with Gasteiger partial charge in [0, 0.05) is 24.0 Å². The molecule has 0 aliphatic heterocycles. The Balaban J connectivity index is 2.00. The third kappa shape index (κ3) is 9.62. The van der Waals surface area contributed by atoms with Crippen LogP contribution >= 0.6 is 0 Å². The highest BCUT2D eigenvalue weighted by atomic mass is 16.5. The first-order valence-corrected chi connectivity index (χ1v) is 10.9. The summed E-state index contributed by atoms with van der Waals surface area (Å²) in [6.45, 7) is 14.2. The molecule has 2 aromatic carbocycles. The van der Waals surface area contributed by atoms with Crippen LogP contribution in [-0.4, -0.2) is 29.0 Å². The molecule has 0 saturated heterocycles. The maximum absolute atomic E-state index is 9.33. The number of hydrogen-bond acceptors (Lipinski definition) is 4. The lowest BCUT2D eigenvalue weighted by atomic mass is 10.1. The van der Waals surface area contributed by atoms with Crippen molar-refractivity contribution >= 4 is 17.5 Å². The first-order valence-electron chi connectivity index (χ1n) is 10.9. The molecular formula is C26H35N5O2. The second-order valence-electron chi connectivity index (χ2n) is 8.48. The summed E-state index contributed by atoms with van der Waals surface area (Å²) < 4.78 is 5.68. The van der Waals surface area contributed by atoms with Gasteiger partial charge in [0.15, 0.2) is 5.88 Å². The number of aliphatic hydroxyl groups is 1. The molecule has 0 radical (unpaired) electrons. The number of amidine groups is 1. The molecule has 0 amide bonds. The maximum atomic E-state index is 9.33. The number of nitrogens with two attached hydrogens (primary N) is 1. The molecule has 0 aromatic heterocycles. The highest BCUT2D eigenvalue weighted by Gasteiger charge is 2.11. The van der Waals surface area contributed by atoms with E-state index in [9.17, 15) is 5.11 Å². The Hall–Kier alpha value is -3.58. The number of anilines is 1. The van der Waals surface area contributed by atoms with Crippen LogP contribution in [0.2, 0.25) is 0 Å². The average molecular weight is 450 g/mol. The number of nitrogens with zero attached hydrogens (tertiary/aromatic N) is 2. The van der Waals surface area contributed by atoms with E-state index < -0.39 is 0 Å². The lowest BCUT2D eigenvalue weighted by molar-refractivity contribution is 0.0416. The molecule has 0 spiro atoms. The molecule has 2 aromatic rings. The minimum atomic E-state index is -0.264. The van der Waals surface area contributed by atoms with E-state index in [0.717, 1.165) is 41.8 Å². The van der Waals surface area contributed by atoms with E-state index in [0.29, 0.717) is 17.7 Å². The summed E-state index contributed by atoms with van der Waals surface area (Å²) in [6.07, 6.45) is 3.19. The number of rotatable bonds is 10. The van der Waals surface area contributed by atoms with Crippen molar-refractivity contribution in [3.8, 4) is 0 Å². The highest BCUT2D eigenvalue weighted by molar-refractivity contribution is 6.08. The summed E-state index contributed by atoms with van der Waals surface area (Å²) in [6, 6.07) is 15.3. The van der Waals surface area contributed by atoms with Crippen LogP contribution in [0.25, 0.3) is 0 Å². The normalized spacial score (nSPS) is 12.2. The van der Waals surface area contributed by atoms with Crippen LogP contribution in [-0.2, 0) is 17.8 Å². The van der Waals surface area contributed by atoms with Gasteiger partial charge in [0.25, 0.3) is 0 Å². The van der Waals surface area contributed by atoms with Crippen LogP contribution in [0, 0.1) is 0 Å². The van der Waals surface area contributed by atoms with Gasteiger partial charge in [-0.05, 0) is 69.5 Å². The zero-order chi connectivity index (χ0) is 24.3. The van der Waals surface area contributed by atoms with Gasteiger partial charge in [-0.1, -0.05) is 36.9 Å². The Morgan fingerprint density at radius 2 is 1.88 bits per heavy atom. The fourth-order valence-corrected chi connectivity index (χ4v) is 3.04.